The molecule has 2 fully saturated rings. The predicted octanol–water partition coefficient (Wildman–Crippen LogP) is 3.33. The summed E-state index contributed by atoms with van der Waals surface area (Å²) in [5.41, 5.74) is 1.44. The van der Waals surface area contributed by atoms with Gasteiger partial charge in [-0.1, -0.05) is 19.9 Å². The van der Waals surface area contributed by atoms with E-state index in [4.69, 9.17) is 5.11 Å². The Morgan fingerprint density at radius 1 is 1.45 bits per heavy atom. The molecule has 4 heteroatoms. The Balaban J connectivity index is 1.76. The molecule has 0 aromatic heterocycles. The summed E-state index contributed by atoms with van der Waals surface area (Å²) in [6.07, 6.45) is 8.37. The number of fused-ring (bicyclic) bond motifs is 3. The minimum atomic E-state index is -0.688. The summed E-state index contributed by atoms with van der Waals surface area (Å²) in [5, 5.41) is 12.0. The van der Waals surface area contributed by atoms with Crippen LogP contribution in [0.1, 0.15) is 58.8 Å². The zero-order valence-electron chi connectivity index (χ0n) is 13.6. The Hall–Kier alpha value is -1.32. The van der Waals surface area contributed by atoms with E-state index < -0.39 is 5.97 Å². The van der Waals surface area contributed by atoms with Crippen LogP contribution in [0.2, 0.25) is 0 Å². The van der Waals surface area contributed by atoms with Crippen LogP contribution >= 0.6 is 0 Å². The molecular weight excluding hydrogens is 278 g/mol. The van der Waals surface area contributed by atoms with Gasteiger partial charge in [0.2, 0.25) is 5.91 Å². The molecule has 1 aliphatic heterocycles. The maximum absolute atomic E-state index is 11.6. The van der Waals surface area contributed by atoms with E-state index in [1.807, 2.05) is 0 Å². The molecule has 4 nitrogen and oxygen atoms in total. The van der Waals surface area contributed by atoms with Crippen LogP contribution in [-0.2, 0) is 9.59 Å². The number of carboxylic acid groups (broad SMARTS) is 1. The van der Waals surface area contributed by atoms with Crippen molar-refractivity contribution < 1.29 is 14.7 Å². The van der Waals surface area contributed by atoms with Gasteiger partial charge in [0.05, 0.1) is 0 Å². The maximum atomic E-state index is 11.6. The zero-order valence-corrected chi connectivity index (χ0v) is 13.6. The van der Waals surface area contributed by atoms with Crippen molar-refractivity contribution in [3.05, 3.63) is 11.8 Å². The van der Waals surface area contributed by atoms with Crippen LogP contribution in [0.5, 0.6) is 0 Å². The van der Waals surface area contributed by atoms with E-state index in [1.165, 1.54) is 12.8 Å². The predicted molar refractivity (Wildman–Crippen MR) is 83.9 cm³/mol. The number of allylic oxidation sites excluding steroid dienone is 2. The minimum Gasteiger partial charge on any atom is -0.481 e. The van der Waals surface area contributed by atoms with Gasteiger partial charge in [0, 0.05) is 24.5 Å². The molecule has 1 heterocycles. The van der Waals surface area contributed by atoms with E-state index in [2.05, 4.69) is 25.2 Å². The van der Waals surface area contributed by atoms with Crippen molar-refractivity contribution in [2.75, 3.05) is 0 Å². The average Bonchev–Trinajstić information content (AvgIpc) is 2.82. The molecule has 22 heavy (non-hydrogen) atoms. The Labute approximate surface area is 132 Å². The largest absolute Gasteiger partial charge is 0.481 e. The second-order valence-corrected chi connectivity index (χ2v) is 7.76. The minimum absolute atomic E-state index is 0.162. The molecule has 0 unspecified atom stereocenters. The molecule has 2 N–H and O–H groups in total. The lowest BCUT2D eigenvalue weighted by molar-refractivity contribution is -0.137. The topological polar surface area (TPSA) is 66.4 Å². The van der Waals surface area contributed by atoms with Crippen LogP contribution < -0.4 is 5.32 Å². The number of carbonyl (C=O) groups excluding carboxylic acids is 1. The van der Waals surface area contributed by atoms with Gasteiger partial charge >= 0.3 is 5.97 Å². The van der Waals surface area contributed by atoms with Gasteiger partial charge in [-0.2, -0.15) is 0 Å². The van der Waals surface area contributed by atoms with Gasteiger partial charge < -0.3 is 10.4 Å². The fourth-order valence-electron chi connectivity index (χ4n) is 5.45. The number of hydrogen-bond donors (Lipinski definition) is 2. The first-order chi connectivity index (χ1) is 10.4. The van der Waals surface area contributed by atoms with Gasteiger partial charge in [-0.05, 0) is 55.3 Å². The second-order valence-electron chi connectivity index (χ2n) is 7.76. The molecular formula is C18H27NO3. The van der Waals surface area contributed by atoms with Crippen LogP contribution in [0, 0.1) is 29.1 Å². The molecule has 0 spiro atoms. The molecule has 1 saturated carbocycles. The quantitative estimate of drug-likeness (QED) is 0.837. The molecule has 2 aliphatic carbocycles. The van der Waals surface area contributed by atoms with Crippen molar-refractivity contribution in [3.8, 4) is 0 Å². The third kappa shape index (κ3) is 2.57. The lowest BCUT2D eigenvalue weighted by Gasteiger charge is -2.47. The van der Waals surface area contributed by atoms with E-state index in [0.717, 1.165) is 25.0 Å². The van der Waals surface area contributed by atoms with Crippen molar-refractivity contribution in [2.45, 2.75) is 58.8 Å². The summed E-state index contributed by atoms with van der Waals surface area (Å²) < 4.78 is 0. The normalized spacial score (nSPS) is 38.5. The summed E-state index contributed by atoms with van der Waals surface area (Å²) in [6, 6.07) is 0. The second kappa shape index (κ2) is 5.71. The monoisotopic (exact) mass is 305 g/mol. The molecule has 0 radical (unpaired) electrons. The van der Waals surface area contributed by atoms with Crippen LogP contribution in [0.4, 0.5) is 0 Å². The lowest BCUT2D eigenvalue weighted by Crippen LogP contribution is -2.45. The number of hydrogen-bond acceptors (Lipinski definition) is 2. The van der Waals surface area contributed by atoms with Crippen molar-refractivity contribution in [2.24, 2.45) is 29.1 Å². The highest BCUT2D eigenvalue weighted by atomic mass is 16.4. The number of amides is 1. The number of carboxylic acids is 1. The van der Waals surface area contributed by atoms with Crippen molar-refractivity contribution >= 4 is 11.9 Å². The molecule has 122 valence electrons. The highest BCUT2D eigenvalue weighted by Gasteiger charge is 2.53. The van der Waals surface area contributed by atoms with Crippen LogP contribution in [0.25, 0.3) is 0 Å². The van der Waals surface area contributed by atoms with E-state index >= 15 is 0 Å². The lowest BCUT2D eigenvalue weighted by atomic mass is 9.59. The van der Waals surface area contributed by atoms with Crippen LogP contribution in [-0.4, -0.2) is 17.0 Å². The third-order valence-corrected chi connectivity index (χ3v) is 6.60. The van der Waals surface area contributed by atoms with E-state index in [-0.39, 0.29) is 17.7 Å². The number of nitrogens with one attached hydrogen (secondary N) is 1. The molecule has 3 aliphatic rings. The Morgan fingerprint density at radius 3 is 2.95 bits per heavy atom. The van der Waals surface area contributed by atoms with E-state index in [9.17, 15) is 9.59 Å². The summed E-state index contributed by atoms with van der Waals surface area (Å²) in [7, 11) is 0. The fraction of sp³-hybridized carbons (Fsp3) is 0.778. The van der Waals surface area contributed by atoms with Crippen LogP contribution in [0.3, 0.4) is 0 Å². The first-order valence-corrected chi connectivity index (χ1v) is 8.63. The first kappa shape index (κ1) is 15.6. The zero-order chi connectivity index (χ0) is 15.9. The Kier molecular flexibility index (Phi) is 4.04. The highest BCUT2D eigenvalue weighted by Crippen LogP contribution is 2.60. The molecule has 0 aromatic carbocycles. The Morgan fingerprint density at radius 2 is 2.23 bits per heavy atom. The molecule has 3 rings (SSSR count). The SMILES string of the molecule is C[C@H](CCC(=O)O)[C@H]1CC[C@H]2[C@@H]3CCC(=O)NC3=CC[C@]12C. The number of carbonyl (C=O) groups is 2. The summed E-state index contributed by atoms with van der Waals surface area (Å²) >= 11 is 0. The Bertz CT molecular complexity index is 512. The fourth-order valence-corrected chi connectivity index (χ4v) is 5.45. The van der Waals surface area contributed by atoms with E-state index in [0.29, 0.717) is 30.1 Å². The maximum Gasteiger partial charge on any atom is 0.303 e. The summed E-state index contributed by atoms with van der Waals surface area (Å²) in [6.45, 7) is 4.62. The van der Waals surface area contributed by atoms with Crippen LogP contribution in [0.15, 0.2) is 11.8 Å². The van der Waals surface area contributed by atoms with Crippen molar-refractivity contribution in [1.82, 2.24) is 5.32 Å². The number of aliphatic carboxylic acids is 1. The van der Waals surface area contributed by atoms with Gasteiger partial charge in [-0.15, -0.1) is 0 Å². The molecule has 0 aromatic rings. The standard InChI is InChI=1S/C18H27NO3/c1-11(3-8-17(21)22)13-5-6-14-12-4-7-16(20)19-15(12)9-10-18(13,14)2/h9,11-14H,3-8,10H2,1-2H3,(H,19,20)(H,21,22)/t11-,12+,13-,14+,18-/m1/s1. The van der Waals surface area contributed by atoms with Gasteiger partial charge in [0.15, 0.2) is 0 Å². The van der Waals surface area contributed by atoms with Gasteiger partial charge in [-0.25, -0.2) is 0 Å². The highest BCUT2D eigenvalue weighted by molar-refractivity contribution is 5.79. The molecule has 1 saturated heterocycles. The van der Waals surface area contributed by atoms with Gasteiger partial charge in [0.1, 0.15) is 0 Å². The third-order valence-electron chi connectivity index (χ3n) is 6.60. The summed E-state index contributed by atoms with van der Waals surface area (Å²) in [4.78, 5) is 22.5. The van der Waals surface area contributed by atoms with Gasteiger partial charge in [-0.3, -0.25) is 9.59 Å². The molecule has 0 bridgehead atoms. The smallest absolute Gasteiger partial charge is 0.303 e. The first-order valence-electron chi connectivity index (χ1n) is 8.63. The summed E-state index contributed by atoms with van der Waals surface area (Å²) in [5.74, 6) is 1.69. The van der Waals surface area contributed by atoms with Gasteiger partial charge in [0.25, 0.3) is 0 Å². The molecule has 1 amide bonds. The number of rotatable bonds is 4. The average molecular weight is 305 g/mol. The number of piperidine rings is 1. The van der Waals surface area contributed by atoms with Crippen molar-refractivity contribution in [3.63, 3.8) is 0 Å². The van der Waals surface area contributed by atoms with E-state index in [1.54, 1.807) is 0 Å². The van der Waals surface area contributed by atoms with Crippen molar-refractivity contribution in [1.29, 1.82) is 0 Å². The molecule has 5 atom stereocenters.